The quantitative estimate of drug-likeness (QED) is 0.559. The Kier molecular flexibility index (Phi) is 5.97. The van der Waals surface area contributed by atoms with E-state index in [0.29, 0.717) is 6.54 Å². The van der Waals surface area contributed by atoms with Crippen LogP contribution in [-0.4, -0.2) is 61.9 Å². The molecule has 1 saturated heterocycles. The molecule has 1 N–H and O–H groups in total. The van der Waals surface area contributed by atoms with Gasteiger partial charge in [0.15, 0.2) is 0 Å². The van der Waals surface area contributed by atoms with Crippen molar-refractivity contribution in [3.63, 3.8) is 0 Å². The summed E-state index contributed by atoms with van der Waals surface area (Å²) in [5.74, 6) is -0.819. The van der Waals surface area contributed by atoms with E-state index in [2.05, 4.69) is 10.2 Å². The molecule has 0 spiro atoms. The molecular formula is C12H23N3O2. The van der Waals surface area contributed by atoms with Crippen LogP contribution in [0.1, 0.15) is 25.7 Å². The minimum Gasteiger partial charge on any atom is -0.348 e. The van der Waals surface area contributed by atoms with Crippen LogP contribution in [-0.2, 0) is 9.59 Å². The lowest BCUT2D eigenvalue weighted by atomic mass is 10.1. The molecule has 0 aliphatic carbocycles. The van der Waals surface area contributed by atoms with E-state index >= 15 is 0 Å². The molecule has 0 saturated carbocycles. The fraction of sp³-hybridized carbons (Fsp3) is 0.833. The SMILES string of the molecule is CN(C)CCCNC(=O)C(=O)N1CCCCC1. The maximum atomic E-state index is 11.7. The van der Waals surface area contributed by atoms with Crippen LogP contribution in [0.4, 0.5) is 0 Å². The number of carbonyl (C=O) groups is 2. The first-order valence-electron chi connectivity index (χ1n) is 6.33. The number of piperidine rings is 1. The lowest BCUT2D eigenvalue weighted by Crippen LogP contribution is -2.45. The molecule has 5 nitrogen and oxygen atoms in total. The van der Waals surface area contributed by atoms with Gasteiger partial charge in [-0.3, -0.25) is 9.59 Å². The summed E-state index contributed by atoms with van der Waals surface area (Å²) in [4.78, 5) is 27.0. The highest BCUT2D eigenvalue weighted by Gasteiger charge is 2.22. The molecule has 1 heterocycles. The number of carbonyl (C=O) groups excluding carboxylic acids is 2. The number of likely N-dealkylation sites (tertiary alicyclic amines) is 1. The third-order valence-electron chi connectivity index (χ3n) is 2.91. The van der Waals surface area contributed by atoms with E-state index in [1.165, 1.54) is 0 Å². The zero-order chi connectivity index (χ0) is 12.7. The molecule has 0 radical (unpaired) electrons. The zero-order valence-electron chi connectivity index (χ0n) is 10.9. The second-order valence-electron chi connectivity index (χ2n) is 4.77. The van der Waals surface area contributed by atoms with Gasteiger partial charge in [0.2, 0.25) is 0 Å². The summed E-state index contributed by atoms with van der Waals surface area (Å²) < 4.78 is 0. The van der Waals surface area contributed by atoms with Gasteiger partial charge in [0.25, 0.3) is 0 Å². The van der Waals surface area contributed by atoms with Crippen molar-refractivity contribution in [1.29, 1.82) is 0 Å². The number of nitrogens with zero attached hydrogens (tertiary/aromatic N) is 2. The predicted octanol–water partition coefficient (Wildman–Crippen LogP) is 0.0668. The number of amides is 2. The predicted molar refractivity (Wildman–Crippen MR) is 66.6 cm³/mol. The fourth-order valence-electron chi connectivity index (χ4n) is 1.91. The van der Waals surface area contributed by atoms with Crippen LogP contribution < -0.4 is 5.32 Å². The molecule has 17 heavy (non-hydrogen) atoms. The van der Waals surface area contributed by atoms with Gasteiger partial charge in [-0.25, -0.2) is 0 Å². The van der Waals surface area contributed by atoms with E-state index in [1.54, 1.807) is 4.90 Å². The van der Waals surface area contributed by atoms with E-state index < -0.39 is 5.91 Å². The molecule has 1 aliphatic heterocycles. The van der Waals surface area contributed by atoms with Gasteiger partial charge in [0, 0.05) is 19.6 Å². The Morgan fingerprint density at radius 2 is 1.82 bits per heavy atom. The molecule has 5 heteroatoms. The van der Waals surface area contributed by atoms with Crippen LogP contribution in [0.5, 0.6) is 0 Å². The smallest absolute Gasteiger partial charge is 0.311 e. The van der Waals surface area contributed by atoms with Crippen LogP contribution in [0.15, 0.2) is 0 Å². The Labute approximate surface area is 103 Å². The monoisotopic (exact) mass is 241 g/mol. The van der Waals surface area contributed by atoms with Gasteiger partial charge < -0.3 is 15.1 Å². The topological polar surface area (TPSA) is 52.7 Å². The molecule has 1 fully saturated rings. The molecule has 0 bridgehead atoms. The summed E-state index contributed by atoms with van der Waals surface area (Å²) in [6, 6.07) is 0. The number of hydrogen-bond acceptors (Lipinski definition) is 3. The molecule has 0 atom stereocenters. The highest BCUT2D eigenvalue weighted by atomic mass is 16.2. The maximum absolute atomic E-state index is 11.7. The van der Waals surface area contributed by atoms with Crippen molar-refractivity contribution in [2.45, 2.75) is 25.7 Å². The Morgan fingerprint density at radius 1 is 1.18 bits per heavy atom. The van der Waals surface area contributed by atoms with Crippen molar-refractivity contribution < 1.29 is 9.59 Å². The van der Waals surface area contributed by atoms with E-state index in [4.69, 9.17) is 0 Å². The second kappa shape index (κ2) is 7.27. The van der Waals surface area contributed by atoms with E-state index in [0.717, 1.165) is 45.3 Å². The van der Waals surface area contributed by atoms with Gasteiger partial charge in [-0.05, 0) is 46.3 Å². The molecule has 2 amide bonds. The summed E-state index contributed by atoms with van der Waals surface area (Å²) in [5, 5.41) is 2.68. The molecule has 98 valence electrons. The highest BCUT2D eigenvalue weighted by molar-refractivity contribution is 6.35. The van der Waals surface area contributed by atoms with E-state index in [1.807, 2.05) is 14.1 Å². The summed E-state index contributed by atoms with van der Waals surface area (Å²) >= 11 is 0. The van der Waals surface area contributed by atoms with Gasteiger partial charge in [0.05, 0.1) is 0 Å². The summed E-state index contributed by atoms with van der Waals surface area (Å²) in [7, 11) is 3.97. The minimum absolute atomic E-state index is 0.366. The van der Waals surface area contributed by atoms with Crippen molar-refractivity contribution in [3.8, 4) is 0 Å². The van der Waals surface area contributed by atoms with Crippen molar-refractivity contribution in [2.24, 2.45) is 0 Å². The van der Waals surface area contributed by atoms with Gasteiger partial charge >= 0.3 is 11.8 Å². The first-order chi connectivity index (χ1) is 8.11. The largest absolute Gasteiger partial charge is 0.348 e. The van der Waals surface area contributed by atoms with Gasteiger partial charge in [-0.1, -0.05) is 0 Å². The first-order valence-corrected chi connectivity index (χ1v) is 6.33. The maximum Gasteiger partial charge on any atom is 0.311 e. The summed E-state index contributed by atoms with van der Waals surface area (Å²) in [5.41, 5.74) is 0. The molecule has 0 aromatic rings. The van der Waals surface area contributed by atoms with Crippen LogP contribution in [0.25, 0.3) is 0 Å². The lowest BCUT2D eigenvalue weighted by Gasteiger charge is -2.25. The molecular weight excluding hydrogens is 218 g/mol. The van der Waals surface area contributed by atoms with Gasteiger partial charge in [-0.15, -0.1) is 0 Å². The van der Waals surface area contributed by atoms with Crippen molar-refractivity contribution in [3.05, 3.63) is 0 Å². The Bertz CT molecular complexity index is 260. The van der Waals surface area contributed by atoms with Crippen LogP contribution in [0, 0.1) is 0 Å². The lowest BCUT2D eigenvalue weighted by molar-refractivity contribution is -0.146. The Balaban J connectivity index is 2.19. The second-order valence-corrected chi connectivity index (χ2v) is 4.77. The number of rotatable bonds is 4. The Morgan fingerprint density at radius 3 is 2.41 bits per heavy atom. The van der Waals surface area contributed by atoms with Crippen LogP contribution in [0.2, 0.25) is 0 Å². The molecule has 1 aliphatic rings. The summed E-state index contributed by atoms with van der Waals surface area (Å²) in [6.45, 7) is 2.93. The third kappa shape index (κ3) is 5.17. The Hall–Kier alpha value is -1.10. The zero-order valence-corrected chi connectivity index (χ0v) is 10.9. The van der Waals surface area contributed by atoms with Crippen molar-refractivity contribution >= 4 is 11.8 Å². The van der Waals surface area contributed by atoms with Crippen LogP contribution in [0.3, 0.4) is 0 Å². The van der Waals surface area contributed by atoms with Crippen molar-refractivity contribution in [2.75, 3.05) is 40.3 Å². The van der Waals surface area contributed by atoms with Crippen LogP contribution >= 0.6 is 0 Å². The average molecular weight is 241 g/mol. The molecule has 0 aromatic carbocycles. The minimum atomic E-state index is -0.453. The van der Waals surface area contributed by atoms with E-state index in [-0.39, 0.29) is 5.91 Å². The normalized spacial score (nSPS) is 16.1. The number of nitrogens with one attached hydrogen (secondary N) is 1. The highest BCUT2D eigenvalue weighted by Crippen LogP contribution is 2.08. The molecule has 0 aromatic heterocycles. The van der Waals surface area contributed by atoms with E-state index in [9.17, 15) is 9.59 Å². The fourth-order valence-corrected chi connectivity index (χ4v) is 1.91. The standard InChI is InChI=1S/C12H23N3O2/c1-14(2)8-6-7-13-11(16)12(17)15-9-4-3-5-10-15/h3-10H2,1-2H3,(H,13,16). The number of hydrogen-bond donors (Lipinski definition) is 1. The van der Waals surface area contributed by atoms with Gasteiger partial charge in [0.1, 0.15) is 0 Å². The molecule has 1 rings (SSSR count). The molecule has 0 unspecified atom stereocenters. The van der Waals surface area contributed by atoms with Crippen molar-refractivity contribution in [1.82, 2.24) is 15.1 Å². The first kappa shape index (κ1) is 14.0. The third-order valence-corrected chi connectivity index (χ3v) is 2.91. The summed E-state index contributed by atoms with van der Waals surface area (Å²) in [6.07, 6.45) is 4.06. The average Bonchev–Trinajstić information content (AvgIpc) is 2.34. The van der Waals surface area contributed by atoms with Gasteiger partial charge in [-0.2, -0.15) is 0 Å².